The van der Waals surface area contributed by atoms with E-state index in [9.17, 15) is 14.7 Å². The maximum atomic E-state index is 12.0. The Bertz CT molecular complexity index is 532. The lowest BCUT2D eigenvalue weighted by molar-refractivity contribution is -0.305. The van der Waals surface area contributed by atoms with Gasteiger partial charge in [-0.1, -0.05) is 26.0 Å². The Morgan fingerprint density at radius 1 is 1.04 bits per heavy atom. The highest BCUT2D eigenvalue weighted by molar-refractivity contribution is 5.77. The first-order valence-corrected chi connectivity index (χ1v) is 8.30. The molecule has 126 valence electrons. The van der Waals surface area contributed by atoms with Gasteiger partial charge in [-0.2, -0.15) is 0 Å². The van der Waals surface area contributed by atoms with Crippen LogP contribution in [-0.2, 0) is 9.59 Å². The monoisotopic (exact) mass is 317 g/mol. The molecule has 5 nitrogen and oxygen atoms in total. The van der Waals surface area contributed by atoms with Crippen LogP contribution in [-0.4, -0.2) is 43.0 Å². The van der Waals surface area contributed by atoms with Crippen LogP contribution in [0.3, 0.4) is 0 Å². The fraction of sp³-hybridized carbons (Fsp3) is 0.556. The van der Waals surface area contributed by atoms with E-state index in [1.807, 2.05) is 4.90 Å². The molecule has 1 aliphatic rings. The second-order valence-electron chi connectivity index (χ2n) is 6.34. The molecule has 0 radical (unpaired) electrons. The lowest BCUT2D eigenvalue weighted by Gasteiger charge is -2.36. The summed E-state index contributed by atoms with van der Waals surface area (Å²) in [5.41, 5.74) is 2.52. The van der Waals surface area contributed by atoms with E-state index in [2.05, 4.69) is 43.0 Å². The number of benzene rings is 1. The number of carbonyl (C=O) groups excluding carboxylic acids is 2. The van der Waals surface area contributed by atoms with Crippen molar-refractivity contribution in [3.05, 3.63) is 29.8 Å². The molecular weight excluding hydrogens is 292 g/mol. The minimum absolute atomic E-state index is 0.0426. The third-order valence-corrected chi connectivity index (χ3v) is 4.33. The number of aliphatic carboxylic acids is 1. The quantitative estimate of drug-likeness (QED) is 0.795. The molecule has 0 aromatic heterocycles. The van der Waals surface area contributed by atoms with Crippen LogP contribution in [0, 0.1) is 0 Å². The first kappa shape index (κ1) is 17.3. The average Bonchev–Trinajstić information content (AvgIpc) is 2.54. The molecule has 0 atom stereocenters. The molecule has 0 unspecified atom stereocenters. The van der Waals surface area contributed by atoms with Gasteiger partial charge >= 0.3 is 0 Å². The molecule has 1 amide bonds. The van der Waals surface area contributed by atoms with Gasteiger partial charge in [0.15, 0.2) is 0 Å². The molecule has 1 fully saturated rings. The van der Waals surface area contributed by atoms with E-state index in [-0.39, 0.29) is 18.7 Å². The largest absolute Gasteiger partial charge is 0.550 e. The predicted octanol–water partition coefficient (Wildman–Crippen LogP) is 1.38. The van der Waals surface area contributed by atoms with Crippen LogP contribution in [0.15, 0.2) is 24.3 Å². The van der Waals surface area contributed by atoms with Gasteiger partial charge in [-0.15, -0.1) is 0 Å². The molecule has 1 aromatic carbocycles. The van der Waals surface area contributed by atoms with Gasteiger partial charge in [0, 0.05) is 44.3 Å². The molecule has 0 spiro atoms. The van der Waals surface area contributed by atoms with Crippen LogP contribution in [0.4, 0.5) is 5.69 Å². The summed E-state index contributed by atoms with van der Waals surface area (Å²) in [6.45, 7) is 7.37. The average molecular weight is 317 g/mol. The molecule has 1 aliphatic heterocycles. The van der Waals surface area contributed by atoms with E-state index in [4.69, 9.17) is 0 Å². The summed E-state index contributed by atoms with van der Waals surface area (Å²) in [6, 6.07) is 8.62. The minimum atomic E-state index is -1.09. The van der Waals surface area contributed by atoms with Crippen LogP contribution >= 0.6 is 0 Å². The van der Waals surface area contributed by atoms with Gasteiger partial charge in [-0.25, -0.2) is 0 Å². The van der Waals surface area contributed by atoms with Crippen LogP contribution in [0.1, 0.15) is 44.6 Å². The molecule has 1 saturated heterocycles. The van der Waals surface area contributed by atoms with E-state index in [0.717, 1.165) is 13.1 Å². The summed E-state index contributed by atoms with van der Waals surface area (Å²) in [5, 5.41) is 10.4. The van der Waals surface area contributed by atoms with Crippen LogP contribution in [0.5, 0.6) is 0 Å². The predicted molar refractivity (Wildman–Crippen MR) is 88.2 cm³/mol. The van der Waals surface area contributed by atoms with Crippen molar-refractivity contribution in [3.63, 3.8) is 0 Å². The van der Waals surface area contributed by atoms with E-state index in [1.165, 1.54) is 11.3 Å². The van der Waals surface area contributed by atoms with Gasteiger partial charge in [-0.3, -0.25) is 4.79 Å². The molecule has 5 heteroatoms. The van der Waals surface area contributed by atoms with Crippen LogP contribution in [0.25, 0.3) is 0 Å². The Morgan fingerprint density at radius 3 is 2.17 bits per heavy atom. The second-order valence-corrected chi connectivity index (χ2v) is 6.34. The highest BCUT2D eigenvalue weighted by Gasteiger charge is 2.20. The molecule has 0 bridgehead atoms. The van der Waals surface area contributed by atoms with Gasteiger partial charge in [0.25, 0.3) is 0 Å². The Morgan fingerprint density at radius 2 is 1.65 bits per heavy atom. The summed E-state index contributed by atoms with van der Waals surface area (Å²) in [5.74, 6) is -0.520. The first-order chi connectivity index (χ1) is 11.0. The molecule has 1 aromatic rings. The number of piperazine rings is 1. The summed E-state index contributed by atoms with van der Waals surface area (Å²) < 4.78 is 0. The number of carboxylic acid groups (broad SMARTS) is 1. The zero-order valence-electron chi connectivity index (χ0n) is 14.0. The third kappa shape index (κ3) is 4.98. The zero-order chi connectivity index (χ0) is 16.8. The zero-order valence-corrected chi connectivity index (χ0v) is 14.0. The first-order valence-electron chi connectivity index (χ1n) is 8.30. The topological polar surface area (TPSA) is 63.7 Å². The summed E-state index contributed by atoms with van der Waals surface area (Å²) in [4.78, 5) is 26.5. The Labute approximate surface area is 137 Å². The fourth-order valence-corrected chi connectivity index (χ4v) is 2.83. The number of carbonyl (C=O) groups is 2. The highest BCUT2D eigenvalue weighted by atomic mass is 16.4. The molecule has 2 rings (SSSR count). The summed E-state index contributed by atoms with van der Waals surface area (Å²) in [6.07, 6.45) is 0.600. The Balaban J connectivity index is 1.81. The van der Waals surface area contributed by atoms with Gasteiger partial charge in [-0.05, 0) is 36.5 Å². The van der Waals surface area contributed by atoms with E-state index >= 15 is 0 Å². The molecule has 0 N–H and O–H groups in total. The maximum Gasteiger partial charge on any atom is 0.222 e. The van der Waals surface area contributed by atoms with Gasteiger partial charge in [0.2, 0.25) is 5.91 Å². The number of hydrogen-bond donors (Lipinski definition) is 0. The van der Waals surface area contributed by atoms with Crippen molar-refractivity contribution >= 4 is 17.6 Å². The standard InChI is InChI=1S/C18H26N2O3/c1-14(2)15-6-8-16(9-7-15)19-10-12-20(13-11-19)17(21)4-3-5-18(22)23/h6-9,14H,3-5,10-13H2,1-2H3,(H,22,23)/p-1. The van der Waals surface area contributed by atoms with Crippen molar-refractivity contribution < 1.29 is 14.7 Å². The van der Waals surface area contributed by atoms with Crippen molar-refractivity contribution in [1.82, 2.24) is 4.90 Å². The second kappa shape index (κ2) is 7.99. The van der Waals surface area contributed by atoms with Crippen LogP contribution < -0.4 is 10.0 Å². The third-order valence-electron chi connectivity index (χ3n) is 4.33. The smallest absolute Gasteiger partial charge is 0.222 e. The number of nitrogens with zero attached hydrogens (tertiary/aromatic N) is 2. The molecule has 0 aliphatic carbocycles. The van der Waals surface area contributed by atoms with Crippen molar-refractivity contribution in [2.24, 2.45) is 0 Å². The SMILES string of the molecule is CC(C)c1ccc(N2CCN(C(=O)CCCC(=O)[O-])CC2)cc1. The molecule has 0 saturated carbocycles. The maximum absolute atomic E-state index is 12.0. The lowest BCUT2D eigenvalue weighted by Crippen LogP contribution is -2.48. The number of anilines is 1. The summed E-state index contributed by atoms with van der Waals surface area (Å²) >= 11 is 0. The summed E-state index contributed by atoms with van der Waals surface area (Å²) in [7, 11) is 0. The van der Waals surface area contributed by atoms with Gasteiger partial charge in [0.1, 0.15) is 0 Å². The minimum Gasteiger partial charge on any atom is -0.550 e. The van der Waals surface area contributed by atoms with Crippen molar-refractivity contribution in [2.45, 2.75) is 39.0 Å². The molecule has 23 heavy (non-hydrogen) atoms. The number of hydrogen-bond acceptors (Lipinski definition) is 4. The molecular formula is C18H25N2O3-. The highest BCUT2D eigenvalue weighted by Crippen LogP contribution is 2.21. The van der Waals surface area contributed by atoms with Crippen LogP contribution in [0.2, 0.25) is 0 Å². The van der Waals surface area contributed by atoms with Crippen molar-refractivity contribution in [1.29, 1.82) is 0 Å². The van der Waals surface area contributed by atoms with E-state index in [1.54, 1.807) is 0 Å². The van der Waals surface area contributed by atoms with E-state index < -0.39 is 5.97 Å². The normalized spacial score (nSPS) is 15.1. The number of amides is 1. The lowest BCUT2D eigenvalue weighted by atomic mass is 10.0. The van der Waals surface area contributed by atoms with Crippen molar-refractivity contribution in [2.75, 3.05) is 31.1 Å². The Kier molecular flexibility index (Phi) is 6.02. The number of carboxylic acids is 1. The van der Waals surface area contributed by atoms with Gasteiger partial charge in [0.05, 0.1) is 0 Å². The van der Waals surface area contributed by atoms with Crippen molar-refractivity contribution in [3.8, 4) is 0 Å². The Hall–Kier alpha value is -2.04. The van der Waals surface area contributed by atoms with Gasteiger partial charge < -0.3 is 19.7 Å². The molecule has 1 heterocycles. The number of rotatable bonds is 6. The fourth-order valence-electron chi connectivity index (χ4n) is 2.83. The van der Waals surface area contributed by atoms with E-state index in [0.29, 0.717) is 25.4 Å².